The van der Waals surface area contributed by atoms with E-state index in [9.17, 15) is 13.2 Å². The van der Waals surface area contributed by atoms with Gasteiger partial charge in [-0.1, -0.05) is 0 Å². The van der Waals surface area contributed by atoms with E-state index >= 15 is 0 Å². The zero-order valence-electron chi connectivity index (χ0n) is 11.6. The fraction of sp³-hybridized carbons (Fsp3) is 0.462. The van der Waals surface area contributed by atoms with Crippen molar-refractivity contribution in [1.29, 1.82) is 0 Å². The van der Waals surface area contributed by atoms with Gasteiger partial charge in [-0.15, -0.1) is 0 Å². The molecule has 4 N–H and O–H groups in total. The number of benzene rings is 1. The second-order valence-corrected chi connectivity index (χ2v) is 7.60. The SMILES string of the molecule is CC1(C(N)=O)CCN(c2ccc(S(C)(=O)=O)cc2N)C1. The predicted octanol–water partition coefficient (Wildman–Crippen LogP) is 0.374. The van der Waals surface area contributed by atoms with Crippen LogP contribution in [-0.2, 0) is 14.6 Å². The molecule has 20 heavy (non-hydrogen) atoms. The lowest BCUT2D eigenvalue weighted by Gasteiger charge is -2.24. The zero-order chi connectivity index (χ0) is 15.1. The number of hydrogen-bond donors (Lipinski definition) is 2. The van der Waals surface area contributed by atoms with Crippen LogP contribution >= 0.6 is 0 Å². The summed E-state index contributed by atoms with van der Waals surface area (Å²) in [6, 6.07) is 4.66. The molecule has 7 heteroatoms. The smallest absolute Gasteiger partial charge is 0.225 e. The van der Waals surface area contributed by atoms with Crippen molar-refractivity contribution < 1.29 is 13.2 Å². The molecule has 0 bridgehead atoms. The third kappa shape index (κ3) is 2.58. The number of anilines is 2. The number of amides is 1. The standard InChI is InChI=1S/C13H19N3O3S/c1-13(12(15)17)5-6-16(8-13)11-4-3-9(7-10(11)14)20(2,18)19/h3-4,7H,5-6,8,14H2,1-2H3,(H2,15,17). The van der Waals surface area contributed by atoms with Crippen molar-refractivity contribution in [3.05, 3.63) is 18.2 Å². The Kier molecular flexibility index (Phi) is 3.41. The van der Waals surface area contributed by atoms with Gasteiger partial charge < -0.3 is 16.4 Å². The predicted molar refractivity (Wildman–Crippen MR) is 78.1 cm³/mol. The van der Waals surface area contributed by atoms with Gasteiger partial charge >= 0.3 is 0 Å². The highest BCUT2D eigenvalue weighted by atomic mass is 32.2. The molecule has 1 aromatic rings. The van der Waals surface area contributed by atoms with Crippen LogP contribution in [0.15, 0.2) is 23.1 Å². The van der Waals surface area contributed by atoms with Gasteiger partial charge in [0.1, 0.15) is 0 Å². The minimum Gasteiger partial charge on any atom is -0.397 e. The van der Waals surface area contributed by atoms with Crippen LogP contribution in [0.3, 0.4) is 0 Å². The Morgan fingerprint density at radius 1 is 1.40 bits per heavy atom. The highest BCUT2D eigenvalue weighted by Gasteiger charge is 2.39. The largest absolute Gasteiger partial charge is 0.397 e. The van der Waals surface area contributed by atoms with Gasteiger partial charge in [0.25, 0.3) is 0 Å². The van der Waals surface area contributed by atoms with Gasteiger partial charge in [-0.25, -0.2) is 8.42 Å². The quantitative estimate of drug-likeness (QED) is 0.784. The summed E-state index contributed by atoms with van der Waals surface area (Å²) < 4.78 is 23.0. The molecule has 110 valence electrons. The molecule has 0 radical (unpaired) electrons. The minimum atomic E-state index is -3.27. The Hall–Kier alpha value is -1.76. The Morgan fingerprint density at radius 2 is 2.05 bits per heavy atom. The van der Waals surface area contributed by atoms with E-state index in [4.69, 9.17) is 11.5 Å². The van der Waals surface area contributed by atoms with Crippen molar-refractivity contribution in [3.63, 3.8) is 0 Å². The van der Waals surface area contributed by atoms with E-state index in [1.54, 1.807) is 6.07 Å². The van der Waals surface area contributed by atoms with Gasteiger partial charge in [0.05, 0.1) is 21.7 Å². The van der Waals surface area contributed by atoms with E-state index in [0.717, 1.165) is 11.9 Å². The van der Waals surface area contributed by atoms with Crippen molar-refractivity contribution >= 4 is 27.1 Å². The Balaban J connectivity index is 2.30. The maximum Gasteiger partial charge on any atom is 0.225 e. The summed E-state index contributed by atoms with van der Waals surface area (Å²) >= 11 is 0. The van der Waals surface area contributed by atoms with Crippen LogP contribution in [0.5, 0.6) is 0 Å². The van der Waals surface area contributed by atoms with Crippen LogP contribution in [0.2, 0.25) is 0 Å². The Labute approximate surface area is 118 Å². The molecule has 1 fully saturated rings. The third-order valence-electron chi connectivity index (χ3n) is 3.84. The highest BCUT2D eigenvalue weighted by molar-refractivity contribution is 7.90. The first-order valence-electron chi connectivity index (χ1n) is 6.28. The topological polar surface area (TPSA) is 106 Å². The molecule has 1 heterocycles. The average molecular weight is 297 g/mol. The summed E-state index contributed by atoms with van der Waals surface area (Å²) in [4.78, 5) is 13.6. The summed E-state index contributed by atoms with van der Waals surface area (Å²) in [5.74, 6) is -0.327. The summed E-state index contributed by atoms with van der Waals surface area (Å²) in [7, 11) is -3.27. The molecule has 0 aliphatic carbocycles. The number of rotatable bonds is 3. The molecular formula is C13H19N3O3S. The fourth-order valence-corrected chi connectivity index (χ4v) is 3.08. The molecule has 1 amide bonds. The van der Waals surface area contributed by atoms with Crippen LogP contribution in [0.25, 0.3) is 0 Å². The molecule has 0 spiro atoms. The normalized spacial score (nSPS) is 23.0. The highest BCUT2D eigenvalue weighted by Crippen LogP contribution is 2.36. The van der Waals surface area contributed by atoms with Gasteiger partial charge in [0.2, 0.25) is 5.91 Å². The Morgan fingerprint density at radius 3 is 2.50 bits per heavy atom. The van der Waals surface area contributed by atoms with Gasteiger partial charge in [-0.05, 0) is 31.5 Å². The molecule has 1 unspecified atom stereocenters. The molecule has 1 aromatic carbocycles. The van der Waals surface area contributed by atoms with Crippen molar-refractivity contribution in [2.75, 3.05) is 30.0 Å². The van der Waals surface area contributed by atoms with Crippen LogP contribution in [-0.4, -0.2) is 33.7 Å². The number of hydrogen-bond acceptors (Lipinski definition) is 5. The number of sulfone groups is 1. The van der Waals surface area contributed by atoms with E-state index in [0.29, 0.717) is 25.2 Å². The number of carbonyl (C=O) groups excluding carboxylic acids is 1. The van der Waals surface area contributed by atoms with Crippen LogP contribution in [0.4, 0.5) is 11.4 Å². The molecule has 1 atom stereocenters. The molecule has 0 saturated carbocycles. The first-order chi connectivity index (χ1) is 9.13. The van der Waals surface area contributed by atoms with E-state index in [-0.39, 0.29) is 10.8 Å². The van der Waals surface area contributed by atoms with E-state index in [1.807, 2.05) is 11.8 Å². The van der Waals surface area contributed by atoms with Gasteiger partial charge in [-0.3, -0.25) is 4.79 Å². The van der Waals surface area contributed by atoms with Crippen molar-refractivity contribution in [3.8, 4) is 0 Å². The monoisotopic (exact) mass is 297 g/mol. The number of nitrogen functional groups attached to an aromatic ring is 1. The molecule has 1 saturated heterocycles. The maximum atomic E-state index is 11.5. The van der Waals surface area contributed by atoms with E-state index in [1.165, 1.54) is 12.1 Å². The zero-order valence-corrected chi connectivity index (χ0v) is 12.4. The molecular weight excluding hydrogens is 278 g/mol. The second-order valence-electron chi connectivity index (χ2n) is 5.59. The van der Waals surface area contributed by atoms with Crippen LogP contribution in [0.1, 0.15) is 13.3 Å². The van der Waals surface area contributed by atoms with Crippen molar-refractivity contribution in [1.82, 2.24) is 0 Å². The molecule has 2 rings (SSSR count). The number of nitrogens with two attached hydrogens (primary N) is 2. The lowest BCUT2D eigenvalue weighted by molar-refractivity contribution is -0.125. The fourth-order valence-electron chi connectivity index (χ4n) is 2.42. The second kappa shape index (κ2) is 4.66. The lowest BCUT2D eigenvalue weighted by atomic mass is 9.89. The maximum absolute atomic E-state index is 11.5. The molecule has 1 aliphatic heterocycles. The molecule has 6 nitrogen and oxygen atoms in total. The first-order valence-corrected chi connectivity index (χ1v) is 8.17. The molecule has 1 aliphatic rings. The Bertz CT molecular complexity index is 657. The van der Waals surface area contributed by atoms with Gasteiger partial charge in [0.15, 0.2) is 9.84 Å². The lowest BCUT2D eigenvalue weighted by Crippen LogP contribution is -2.37. The van der Waals surface area contributed by atoms with Crippen molar-refractivity contribution in [2.24, 2.45) is 11.1 Å². The first kappa shape index (κ1) is 14.6. The van der Waals surface area contributed by atoms with Crippen LogP contribution in [0, 0.1) is 5.41 Å². The minimum absolute atomic E-state index is 0.190. The van der Waals surface area contributed by atoms with Gasteiger partial charge in [0, 0.05) is 19.3 Å². The van der Waals surface area contributed by atoms with Gasteiger partial charge in [-0.2, -0.15) is 0 Å². The summed E-state index contributed by atoms with van der Waals surface area (Å²) in [5, 5.41) is 0. The number of carbonyl (C=O) groups is 1. The summed E-state index contributed by atoms with van der Waals surface area (Å²) in [5.41, 5.74) is 11.9. The number of nitrogens with zero attached hydrogens (tertiary/aromatic N) is 1. The van der Waals surface area contributed by atoms with E-state index < -0.39 is 15.3 Å². The van der Waals surface area contributed by atoms with Crippen molar-refractivity contribution in [2.45, 2.75) is 18.2 Å². The molecule has 0 aromatic heterocycles. The summed E-state index contributed by atoms with van der Waals surface area (Å²) in [6.45, 7) is 2.99. The summed E-state index contributed by atoms with van der Waals surface area (Å²) in [6.07, 6.45) is 1.80. The number of primary amides is 1. The van der Waals surface area contributed by atoms with Crippen LogP contribution < -0.4 is 16.4 Å². The average Bonchev–Trinajstić information content (AvgIpc) is 2.72. The van der Waals surface area contributed by atoms with E-state index in [2.05, 4.69) is 0 Å². The third-order valence-corrected chi connectivity index (χ3v) is 4.95.